The van der Waals surface area contributed by atoms with Crippen LogP contribution in [0.2, 0.25) is 0 Å². The first-order valence-corrected chi connectivity index (χ1v) is 8.84. The lowest BCUT2D eigenvalue weighted by molar-refractivity contribution is 0.0866. The van der Waals surface area contributed by atoms with Crippen molar-refractivity contribution in [1.29, 1.82) is 5.41 Å². The Morgan fingerprint density at radius 1 is 1.31 bits per heavy atom. The minimum absolute atomic E-state index is 0.131. The molecule has 2 aromatic heterocycles. The van der Waals surface area contributed by atoms with Gasteiger partial charge in [-0.3, -0.25) is 5.41 Å². The van der Waals surface area contributed by atoms with Crippen LogP contribution in [0, 0.1) is 11.3 Å². The summed E-state index contributed by atoms with van der Waals surface area (Å²) >= 11 is 0. The molecule has 7 bridgehead atoms. The van der Waals surface area contributed by atoms with E-state index in [1.807, 2.05) is 17.0 Å². The van der Waals surface area contributed by atoms with Crippen LogP contribution in [-0.4, -0.2) is 46.5 Å². The van der Waals surface area contributed by atoms with Crippen LogP contribution >= 0.6 is 0 Å². The fraction of sp³-hybridized carbons (Fsp3) is 0.444. The predicted octanol–water partition coefficient (Wildman–Crippen LogP) is 2.41. The Morgan fingerprint density at radius 3 is 2.88 bits per heavy atom. The number of aromatic nitrogens is 3. The number of rotatable bonds is 1. The number of nitrogens with one attached hydrogen (secondary N) is 2. The first-order chi connectivity index (χ1) is 12.6. The molecule has 7 rings (SSSR count). The first kappa shape index (κ1) is 15.4. The van der Waals surface area contributed by atoms with Crippen LogP contribution in [0.15, 0.2) is 24.5 Å². The van der Waals surface area contributed by atoms with E-state index in [9.17, 15) is 0 Å². The van der Waals surface area contributed by atoms with Gasteiger partial charge < -0.3 is 19.9 Å². The molecule has 0 aromatic carbocycles. The normalized spacial score (nSPS) is 28.7. The van der Waals surface area contributed by atoms with Gasteiger partial charge in [0.15, 0.2) is 11.6 Å². The number of fused-ring (bicyclic) bond motifs is 1. The molecule has 134 valence electrons. The van der Waals surface area contributed by atoms with Crippen molar-refractivity contribution < 1.29 is 4.74 Å². The van der Waals surface area contributed by atoms with E-state index in [4.69, 9.17) is 10.1 Å². The molecule has 1 saturated carbocycles. The molecule has 5 aliphatic rings. The monoisotopic (exact) mass is 351 g/mol. The van der Waals surface area contributed by atoms with E-state index in [1.54, 1.807) is 12.4 Å². The summed E-state index contributed by atoms with van der Waals surface area (Å²) in [6.07, 6.45) is 6.94. The highest BCUT2D eigenvalue weighted by Crippen LogP contribution is 2.47. The van der Waals surface area contributed by atoms with Gasteiger partial charge in [-0.05, 0) is 37.8 Å². The number of hydrogen-bond acceptors (Lipinski definition) is 7. The predicted molar refractivity (Wildman–Crippen MR) is 99.6 cm³/mol. The van der Waals surface area contributed by atoms with Crippen molar-refractivity contribution >= 4 is 29.6 Å². The largest absolute Gasteiger partial charge is 0.486 e. The Labute approximate surface area is 151 Å². The van der Waals surface area contributed by atoms with Crippen molar-refractivity contribution in [2.75, 3.05) is 28.8 Å². The van der Waals surface area contributed by atoms with Crippen LogP contribution in [-0.2, 0) is 0 Å². The van der Waals surface area contributed by atoms with Crippen molar-refractivity contribution in [2.24, 2.45) is 5.92 Å². The lowest BCUT2D eigenvalue weighted by Crippen LogP contribution is -2.62. The molecule has 1 aliphatic carbocycles. The average Bonchev–Trinajstić information content (AvgIpc) is 2.61. The van der Waals surface area contributed by atoms with Crippen molar-refractivity contribution in [3.8, 4) is 5.75 Å². The van der Waals surface area contributed by atoms with E-state index in [2.05, 4.69) is 39.1 Å². The maximum absolute atomic E-state index is 7.85. The van der Waals surface area contributed by atoms with Gasteiger partial charge in [0, 0.05) is 13.1 Å². The molecule has 0 spiro atoms. The molecule has 2 N–H and O–H groups in total. The van der Waals surface area contributed by atoms with Gasteiger partial charge in [-0.25, -0.2) is 9.97 Å². The quantitative estimate of drug-likeness (QED) is 0.602. The van der Waals surface area contributed by atoms with Gasteiger partial charge in [0.25, 0.3) is 0 Å². The van der Waals surface area contributed by atoms with Crippen LogP contribution in [0.1, 0.15) is 19.8 Å². The van der Waals surface area contributed by atoms with E-state index in [1.165, 1.54) is 6.34 Å². The molecule has 1 atom stereocenters. The third kappa shape index (κ3) is 2.07. The highest BCUT2D eigenvalue weighted by Gasteiger charge is 2.50. The van der Waals surface area contributed by atoms with Gasteiger partial charge in [0.1, 0.15) is 12.4 Å². The third-order valence-corrected chi connectivity index (χ3v) is 6.15. The highest BCUT2D eigenvalue weighted by molar-refractivity contribution is 5.78. The number of hydrogen-bond donors (Lipinski definition) is 2. The van der Waals surface area contributed by atoms with Gasteiger partial charge >= 0.3 is 0 Å². The van der Waals surface area contributed by atoms with E-state index >= 15 is 0 Å². The second-order valence-corrected chi connectivity index (χ2v) is 7.47. The molecule has 0 saturated heterocycles. The van der Waals surface area contributed by atoms with E-state index < -0.39 is 0 Å². The summed E-state index contributed by atoms with van der Waals surface area (Å²) in [7, 11) is 2.08. The second kappa shape index (κ2) is 5.30. The van der Waals surface area contributed by atoms with Gasteiger partial charge in [0.2, 0.25) is 5.95 Å². The second-order valence-electron chi connectivity index (χ2n) is 7.47. The topological polar surface area (TPSA) is 90.3 Å². The Morgan fingerprint density at radius 2 is 2.15 bits per heavy atom. The Balaban J connectivity index is 1.63. The summed E-state index contributed by atoms with van der Waals surface area (Å²) in [6, 6.07) is 4.18. The van der Waals surface area contributed by atoms with E-state index in [-0.39, 0.29) is 5.54 Å². The summed E-state index contributed by atoms with van der Waals surface area (Å²) in [6.45, 7) is 2.85. The Hall–Kier alpha value is -2.90. The van der Waals surface area contributed by atoms with Gasteiger partial charge in [-0.2, -0.15) is 4.98 Å². The van der Waals surface area contributed by atoms with Crippen LogP contribution in [0.4, 0.5) is 23.3 Å². The number of anilines is 4. The zero-order valence-corrected chi connectivity index (χ0v) is 14.8. The molecule has 4 aliphatic heterocycles. The standard InChI is InChI=1S/C18H21N7O/c1-18-9-26-14-8-21-17(23-16(14)24(18)2)22-15-4-3-12(7-20-15)25(10-19)13-5-11(18)6-13/h3-4,7-8,10-11,13,19H,5-6,9H2,1-2H3,(H,20,21,22,23). The summed E-state index contributed by atoms with van der Waals surface area (Å²) in [5, 5.41) is 11.0. The van der Waals surface area contributed by atoms with Gasteiger partial charge in [0.05, 0.1) is 30.0 Å². The van der Waals surface area contributed by atoms with E-state index in [0.717, 1.165) is 24.3 Å². The first-order valence-electron chi connectivity index (χ1n) is 8.84. The zero-order chi connectivity index (χ0) is 17.9. The van der Waals surface area contributed by atoms with Crippen LogP contribution in [0.25, 0.3) is 0 Å². The molecule has 8 heteroatoms. The molecule has 26 heavy (non-hydrogen) atoms. The summed E-state index contributed by atoms with van der Waals surface area (Å²) in [5.74, 6) is 3.15. The minimum atomic E-state index is -0.131. The zero-order valence-electron chi connectivity index (χ0n) is 14.8. The fourth-order valence-electron chi connectivity index (χ4n) is 4.16. The molecule has 1 fully saturated rings. The van der Waals surface area contributed by atoms with Crippen LogP contribution in [0.5, 0.6) is 5.75 Å². The van der Waals surface area contributed by atoms with Crippen LogP contribution in [0.3, 0.4) is 0 Å². The van der Waals surface area contributed by atoms with E-state index in [0.29, 0.717) is 36.1 Å². The number of likely N-dealkylation sites (N-methyl/N-ethyl adjacent to an activating group) is 1. The summed E-state index contributed by atoms with van der Waals surface area (Å²) < 4.78 is 6.02. The smallest absolute Gasteiger partial charge is 0.230 e. The number of nitrogens with zero attached hydrogens (tertiary/aromatic N) is 5. The molecule has 0 amide bonds. The average molecular weight is 351 g/mol. The third-order valence-electron chi connectivity index (χ3n) is 6.15. The Bertz CT molecular complexity index is 864. The van der Waals surface area contributed by atoms with Gasteiger partial charge in [-0.15, -0.1) is 0 Å². The minimum Gasteiger partial charge on any atom is -0.486 e. The molecule has 6 heterocycles. The maximum Gasteiger partial charge on any atom is 0.230 e. The van der Waals surface area contributed by atoms with Crippen molar-refractivity contribution in [3.63, 3.8) is 0 Å². The lowest BCUT2D eigenvalue weighted by atomic mass is 9.67. The van der Waals surface area contributed by atoms with Crippen molar-refractivity contribution in [3.05, 3.63) is 24.5 Å². The number of pyridine rings is 1. The molecule has 2 aromatic rings. The lowest BCUT2D eigenvalue weighted by Gasteiger charge is -2.55. The van der Waals surface area contributed by atoms with Gasteiger partial charge in [-0.1, -0.05) is 0 Å². The number of ether oxygens (including phenoxy) is 1. The highest BCUT2D eigenvalue weighted by atomic mass is 16.5. The van der Waals surface area contributed by atoms with Crippen LogP contribution < -0.4 is 19.9 Å². The molecular formula is C18H21N7O. The Kier molecular flexibility index (Phi) is 3.13. The van der Waals surface area contributed by atoms with Crippen molar-refractivity contribution in [1.82, 2.24) is 15.0 Å². The molecule has 0 radical (unpaired) electrons. The van der Waals surface area contributed by atoms with Crippen molar-refractivity contribution in [2.45, 2.75) is 31.3 Å². The molecular weight excluding hydrogens is 330 g/mol. The summed E-state index contributed by atoms with van der Waals surface area (Å²) in [5.41, 5.74) is 0.801. The maximum atomic E-state index is 7.85. The SMILES string of the molecule is CN1c2nc3ncc2OCC1(C)C1CC(C1)N(C=N)c1ccc(nc1)N3. The fourth-order valence-corrected chi connectivity index (χ4v) is 4.16. The molecule has 8 nitrogen and oxygen atoms in total. The molecule has 1 unspecified atom stereocenters. The summed E-state index contributed by atoms with van der Waals surface area (Å²) in [4.78, 5) is 17.7.